The van der Waals surface area contributed by atoms with Crippen LogP contribution in [0.15, 0.2) is 47.4 Å². The van der Waals surface area contributed by atoms with Gasteiger partial charge in [-0.25, -0.2) is 17.5 Å². The zero-order valence-corrected chi connectivity index (χ0v) is 16.6. The van der Waals surface area contributed by atoms with Crippen LogP contribution in [0.2, 0.25) is 0 Å². The van der Waals surface area contributed by atoms with E-state index in [2.05, 4.69) is 0 Å². The van der Waals surface area contributed by atoms with Crippen molar-refractivity contribution in [3.05, 3.63) is 53.6 Å². The van der Waals surface area contributed by atoms with E-state index in [1.807, 2.05) is 31.2 Å². The molecule has 146 valence electrons. The molecule has 8 heteroatoms. The first-order chi connectivity index (χ1) is 12.8. The molecule has 7 nitrogen and oxygen atoms in total. The molecule has 0 aliphatic carbocycles. The van der Waals surface area contributed by atoms with Crippen molar-refractivity contribution in [3.8, 4) is 11.5 Å². The number of esters is 1. The van der Waals surface area contributed by atoms with Crippen LogP contribution in [0.4, 0.5) is 0 Å². The highest BCUT2D eigenvalue weighted by molar-refractivity contribution is 7.89. The average Bonchev–Trinajstić information content (AvgIpc) is 2.65. The molecule has 0 N–H and O–H groups in total. The van der Waals surface area contributed by atoms with Crippen molar-refractivity contribution in [2.75, 3.05) is 34.4 Å². The number of aryl methyl sites for hydroxylation is 1. The third-order valence-electron chi connectivity index (χ3n) is 3.83. The van der Waals surface area contributed by atoms with Crippen LogP contribution >= 0.6 is 0 Å². The van der Waals surface area contributed by atoms with Crippen molar-refractivity contribution in [3.63, 3.8) is 0 Å². The van der Waals surface area contributed by atoms with Gasteiger partial charge >= 0.3 is 5.97 Å². The minimum absolute atomic E-state index is 0.0367. The van der Waals surface area contributed by atoms with Gasteiger partial charge in [-0.2, -0.15) is 0 Å². The number of nitrogens with zero attached hydrogens (tertiary/aromatic N) is 1. The van der Waals surface area contributed by atoms with Crippen molar-refractivity contribution >= 4 is 16.0 Å². The fourth-order valence-electron chi connectivity index (χ4n) is 2.29. The molecule has 0 saturated carbocycles. The maximum absolute atomic E-state index is 12.4. The highest BCUT2D eigenvalue weighted by Gasteiger charge is 2.24. The van der Waals surface area contributed by atoms with E-state index in [-0.39, 0.29) is 29.4 Å². The number of benzene rings is 2. The number of methoxy groups -OCH3 is 1. The standard InChI is InChI=1S/C19H23NO6S/c1-14-7-5-6-8-16(14)25-11-12-26-19(21)15-9-10-17(24-4)18(13-15)27(22,23)20(2)3/h5-10,13H,11-12H2,1-4H3. The molecule has 0 fully saturated rings. The van der Waals surface area contributed by atoms with Gasteiger partial charge in [0.05, 0.1) is 12.7 Å². The van der Waals surface area contributed by atoms with Gasteiger partial charge in [-0.1, -0.05) is 18.2 Å². The SMILES string of the molecule is COc1ccc(C(=O)OCCOc2ccccc2C)cc1S(=O)(=O)N(C)C. The second kappa shape index (κ2) is 8.88. The van der Waals surface area contributed by atoms with E-state index in [4.69, 9.17) is 14.2 Å². The number of para-hydroxylation sites is 1. The Labute approximate surface area is 159 Å². The molecule has 0 atom stereocenters. The topological polar surface area (TPSA) is 82.1 Å². The average molecular weight is 393 g/mol. The number of rotatable bonds is 8. The Morgan fingerprint density at radius 1 is 1.04 bits per heavy atom. The van der Waals surface area contributed by atoms with Crippen LogP contribution in [0, 0.1) is 6.92 Å². The lowest BCUT2D eigenvalue weighted by atomic mass is 10.2. The number of sulfonamides is 1. The Kier molecular flexibility index (Phi) is 6.81. The summed E-state index contributed by atoms with van der Waals surface area (Å²) in [6.07, 6.45) is 0. The van der Waals surface area contributed by atoms with Gasteiger partial charge in [0.15, 0.2) is 0 Å². The van der Waals surface area contributed by atoms with E-state index in [0.29, 0.717) is 0 Å². The molecule has 2 aromatic carbocycles. The maximum atomic E-state index is 12.4. The van der Waals surface area contributed by atoms with Crippen molar-refractivity contribution < 1.29 is 27.4 Å². The Bertz CT molecular complexity index is 908. The highest BCUT2D eigenvalue weighted by atomic mass is 32.2. The van der Waals surface area contributed by atoms with Crippen molar-refractivity contribution in [2.24, 2.45) is 0 Å². The van der Waals surface area contributed by atoms with Crippen LogP contribution in [0.1, 0.15) is 15.9 Å². The third-order valence-corrected chi connectivity index (χ3v) is 5.66. The minimum atomic E-state index is -3.77. The summed E-state index contributed by atoms with van der Waals surface area (Å²) in [4.78, 5) is 12.1. The summed E-state index contributed by atoms with van der Waals surface area (Å²) < 4.78 is 41.7. The third kappa shape index (κ3) is 4.99. The summed E-state index contributed by atoms with van der Waals surface area (Å²) in [5.41, 5.74) is 1.10. The van der Waals surface area contributed by atoms with Crippen LogP contribution < -0.4 is 9.47 Å². The van der Waals surface area contributed by atoms with E-state index in [1.54, 1.807) is 0 Å². The van der Waals surface area contributed by atoms with Gasteiger partial charge in [-0.15, -0.1) is 0 Å². The summed E-state index contributed by atoms with van der Waals surface area (Å²) in [6.45, 7) is 2.15. The quantitative estimate of drug-likeness (QED) is 0.506. The van der Waals surface area contributed by atoms with Gasteiger partial charge in [0.2, 0.25) is 10.0 Å². The molecule has 0 aromatic heterocycles. The zero-order valence-electron chi connectivity index (χ0n) is 15.8. The van der Waals surface area contributed by atoms with Crippen molar-refractivity contribution in [1.29, 1.82) is 0 Å². The lowest BCUT2D eigenvalue weighted by molar-refractivity contribution is 0.0450. The highest BCUT2D eigenvalue weighted by Crippen LogP contribution is 2.27. The summed E-state index contributed by atoms with van der Waals surface area (Å²) in [5, 5.41) is 0. The van der Waals surface area contributed by atoms with Crippen LogP contribution in [0.5, 0.6) is 11.5 Å². The Morgan fingerprint density at radius 3 is 2.37 bits per heavy atom. The summed E-state index contributed by atoms with van der Waals surface area (Å²) in [7, 11) is 0.411. The lowest BCUT2D eigenvalue weighted by Crippen LogP contribution is -2.23. The predicted octanol–water partition coefficient (Wildman–Crippen LogP) is 2.49. The fourth-order valence-corrected chi connectivity index (χ4v) is 3.36. The van der Waals surface area contributed by atoms with E-state index < -0.39 is 16.0 Å². The van der Waals surface area contributed by atoms with Crippen molar-refractivity contribution in [1.82, 2.24) is 4.31 Å². The van der Waals surface area contributed by atoms with Gasteiger partial charge in [0.1, 0.15) is 29.6 Å². The van der Waals surface area contributed by atoms with E-state index in [1.165, 1.54) is 39.4 Å². The first-order valence-electron chi connectivity index (χ1n) is 8.23. The molecule has 0 amide bonds. The molecule has 0 aliphatic heterocycles. The molecule has 0 aliphatic rings. The molecule has 0 spiro atoms. The zero-order chi connectivity index (χ0) is 20.0. The molecule has 27 heavy (non-hydrogen) atoms. The molecule has 0 bridgehead atoms. The van der Waals surface area contributed by atoms with Gasteiger partial charge in [-0.3, -0.25) is 0 Å². The Morgan fingerprint density at radius 2 is 1.74 bits per heavy atom. The summed E-state index contributed by atoms with van der Waals surface area (Å²) in [6, 6.07) is 11.7. The predicted molar refractivity (Wildman–Crippen MR) is 101 cm³/mol. The maximum Gasteiger partial charge on any atom is 0.338 e. The van der Waals surface area contributed by atoms with Gasteiger partial charge in [-0.05, 0) is 36.8 Å². The minimum Gasteiger partial charge on any atom is -0.495 e. The Balaban J connectivity index is 2.05. The van der Waals surface area contributed by atoms with Gasteiger partial charge < -0.3 is 14.2 Å². The summed E-state index contributed by atoms with van der Waals surface area (Å²) >= 11 is 0. The molecule has 2 aromatic rings. The van der Waals surface area contributed by atoms with Crippen molar-refractivity contribution in [2.45, 2.75) is 11.8 Å². The second-order valence-electron chi connectivity index (χ2n) is 5.90. The van der Waals surface area contributed by atoms with Gasteiger partial charge in [0, 0.05) is 14.1 Å². The van der Waals surface area contributed by atoms with E-state index in [0.717, 1.165) is 15.6 Å². The number of carbonyl (C=O) groups is 1. The molecular weight excluding hydrogens is 370 g/mol. The molecule has 2 rings (SSSR count). The normalized spacial score (nSPS) is 11.3. The van der Waals surface area contributed by atoms with Crippen LogP contribution in [0.3, 0.4) is 0 Å². The number of ether oxygens (including phenoxy) is 3. The number of hydrogen-bond acceptors (Lipinski definition) is 6. The molecule has 0 unspecified atom stereocenters. The fraction of sp³-hybridized carbons (Fsp3) is 0.316. The molecular formula is C19H23NO6S. The number of carbonyl (C=O) groups excluding carboxylic acids is 1. The van der Waals surface area contributed by atoms with Crippen LogP contribution in [-0.4, -0.2) is 53.1 Å². The van der Waals surface area contributed by atoms with Gasteiger partial charge in [0.25, 0.3) is 0 Å². The second-order valence-corrected chi connectivity index (χ2v) is 8.02. The largest absolute Gasteiger partial charge is 0.495 e. The van der Waals surface area contributed by atoms with Crippen LogP contribution in [0.25, 0.3) is 0 Å². The Hall–Kier alpha value is -2.58. The monoisotopic (exact) mass is 393 g/mol. The smallest absolute Gasteiger partial charge is 0.338 e. The van der Waals surface area contributed by atoms with E-state index >= 15 is 0 Å². The lowest BCUT2D eigenvalue weighted by Gasteiger charge is -2.15. The first-order valence-corrected chi connectivity index (χ1v) is 9.67. The molecule has 0 saturated heterocycles. The number of hydrogen-bond donors (Lipinski definition) is 0. The molecule has 0 radical (unpaired) electrons. The first kappa shape index (κ1) is 20.7. The molecule has 0 heterocycles. The summed E-state index contributed by atoms with van der Waals surface area (Å²) in [5.74, 6) is 0.238. The van der Waals surface area contributed by atoms with E-state index in [9.17, 15) is 13.2 Å². The van der Waals surface area contributed by atoms with Crippen LogP contribution in [-0.2, 0) is 14.8 Å².